The zero-order valence-electron chi connectivity index (χ0n) is 13.0. The van der Waals surface area contributed by atoms with Crippen LogP contribution in [0.1, 0.15) is 35.3 Å². The van der Waals surface area contributed by atoms with Crippen molar-refractivity contribution >= 4 is 17.4 Å². The topological polar surface area (TPSA) is 42.1 Å². The second-order valence-electron chi connectivity index (χ2n) is 5.43. The van der Waals surface area contributed by atoms with E-state index in [0.29, 0.717) is 6.54 Å². The number of pyridine rings is 1. The molecule has 112 valence electrons. The Hall–Kier alpha value is -1.58. The molecule has 4 heteroatoms. The molecule has 0 bridgehead atoms. The standard InChI is InChI=1S/C17H22ClN3/c1-11-9-12(2)20-17(16(11)10-19)21(4)13(3)14-5-7-15(18)8-6-14/h5-9,13H,10,19H2,1-4H3. The van der Waals surface area contributed by atoms with E-state index in [2.05, 4.69) is 36.8 Å². The molecule has 0 saturated heterocycles. The van der Waals surface area contributed by atoms with Crippen LogP contribution in [0.15, 0.2) is 30.3 Å². The first-order chi connectivity index (χ1) is 9.93. The highest BCUT2D eigenvalue weighted by atomic mass is 35.5. The molecule has 3 nitrogen and oxygen atoms in total. The van der Waals surface area contributed by atoms with Gasteiger partial charge in [-0.3, -0.25) is 0 Å². The SMILES string of the molecule is Cc1cc(C)c(CN)c(N(C)C(C)c2ccc(Cl)cc2)n1. The van der Waals surface area contributed by atoms with Crippen LogP contribution in [0, 0.1) is 13.8 Å². The highest BCUT2D eigenvalue weighted by molar-refractivity contribution is 6.30. The molecule has 0 saturated carbocycles. The van der Waals surface area contributed by atoms with E-state index >= 15 is 0 Å². The van der Waals surface area contributed by atoms with Crippen LogP contribution in [0.3, 0.4) is 0 Å². The Kier molecular flexibility index (Phi) is 4.86. The summed E-state index contributed by atoms with van der Waals surface area (Å²) in [6, 6.07) is 10.2. The van der Waals surface area contributed by atoms with Crippen LogP contribution < -0.4 is 10.6 Å². The van der Waals surface area contributed by atoms with Crippen LogP contribution >= 0.6 is 11.6 Å². The largest absolute Gasteiger partial charge is 0.353 e. The van der Waals surface area contributed by atoms with Crippen LogP contribution in [-0.4, -0.2) is 12.0 Å². The van der Waals surface area contributed by atoms with E-state index in [1.807, 2.05) is 31.2 Å². The maximum absolute atomic E-state index is 5.96. The van der Waals surface area contributed by atoms with Gasteiger partial charge in [-0.1, -0.05) is 23.7 Å². The first-order valence-corrected chi connectivity index (χ1v) is 7.47. The minimum Gasteiger partial charge on any atom is -0.353 e. The van der Waals surface area contributed by atoms with E-state index in [-0.39, 0.29) is 6.04 Å². The lowest BCUT2D eigenvalue weighted by molar-refractivity contribution is 0.720. The van der Waals surface area contributed by atoms with Crippen LogP contribution in [0.2, 0.25) is 5.02 Å². The fraction of sp³-hybridized carbons (Fsp3) is 0.353. The summed E-state index contributed by atoms with van der Waals surface area (Å²) in [7, 11) is 2.06. The lowest BCUT2D eigenvalue weighted by atomic mass is 10.0. The van der Waals surface area contributed by atoms with Gasteiger partial charge in [-0.15, -0.1) is 0 Å². The molecule has 0 aliphatic heterocycles. The third-order valence-corrected chi connectivity index (χ3v) is 4.18. The van der Waals surface area contributed by atoms with Gasteiger partial charge in [-0.25, -0.2) is 4.98 Å². The zero-order valence-corrected chi connectivity index (χ0v) is 13.8. The quantitative estimate of drug-likeness (QED) is 0.928. The monoisotopic (exact) mass is 303 g/mol. The number of rotatable bonds is 4. The predicted molar refractivity (Wildman–Crippen MR) is 89.9 cm³/mol. The van der Waals surface area contributed by atoms with Gasteiger partial charge in [0.05, 0.1) is 6.04 Å². The van der Waals surface area contributed by atoms with E-state index < -0.39 is 0 Å². The third-order valence-electron chi connectivity index (χ3n) is 3.93. The molecular formula is C17H22ClN3. The van der Waals surface area contributed by atoms with Gasteiger partial charge >= 0.3 is 0 Å². The fourth-order valence-electron chi connectivity index (χ4n) is 2.54. The molecule has 0 amide bonds. The molecule has 1 aromatic heterocycles. The number of hydrogen-bond donors (Lipinski definition) is 1. The predicted octanol–water partition coefficient (Wildman–Crippen LogP) is 4.01. The van der Waals surface area contributed by atoms with E-state index in [0.717, 1.165) is 22.1 Å². The lowest BCUT2D eigenvalue weighted by Gasteiger charge is -2.29. The van der Waals surface area contributed by atoms with Crippen molar-refractivity contribution in [3.05, 3.63) is 57.7 Å². The molecule has 2 N–H and O–H groups in total. The Balaban J connectivity index is 2.39. The minimum atomic E-state index is 0.196. The Morgan fingerprint density at radius 2 is 1.86 bits per heavy atom. The number of aromatic nitrogens is 1. The molecule has 0 aliphatic rings. The van der Waals surface area contributed by atoms with Crippen LogP contribution in [0.4, 0.5) is 5.82 Å². The average Bonchev–Trinajstić information content (AvgIpc) is 2.46. The number of aryl methyl sites for hydroxylation is 2. The normalized spacial score (nSPS) is 12.3. The van der Waals surface area contributed by atoms with E-state index in [4.69, 9.17) is 17.3 Å². The zero-order chi connectivity index (χ0) is 15.6. The summed E-state index contributed by atoms with van der Waals surface area (Å²) in [5.41, 5.74) is 10.4. The summed E-state index contributed by atoms with van der Waals surface area (Å²) in [6.07, 6.45) is 0. The number of halogens is 1. The van der Waals surface area contributed by atoms with E-state index in [1.165, 1.54) is 11.1 Å². The summed E-state index contributed by atoms with van der Waals surface area (Å²) in [4.78, 5) is 6.86. The molecule has 0 radical (unpaired) electrons. The van der Waals surface area contributed by atoms with Crippen molar-refractivity contribution in [2.24, 2.45) is 5.73 Å². The average molecular weight is 304 g/mol. The Labute approximate surface area is 131 Å². The van der Waals surface area contributed by atoms with Crippen molar-refractivity contribution in [3.63, 3.8) is 0 Å². The van der Waals surface area contributed by atoms with Crippen molar-refractivity contribution in [3.8, 4) is 0 Å². The van der Waals surface area contributed by atoms with Gasteiger partial charge in [0.1, 0.15) is 5.82 Å². The number of hydrogen-bond acceptors (Lipinski definition) is 3. The molecule has 1 heterocycles. The molecule has 1 atom stereocenters. The van der Waals surface area contributed by atoms with Crippen LogP contribution in [-0.2, 0) is 6.54 Å². The molecule has 0 aliphatic carbocycles. The number of anilines is 1. The maximum Gasteiger partial charge on any atom is 0.133 e. The lowest BCUT2D eigenvalue weighted by Crippen LogP contribution is -2.25. The molecule has 21 heavy (non-hydrogen) atoms. The minimum absolute atomic E-state index is 0.196. The van der Waals surface area contributed by atoms with Gasteiger partial charge in [0.2, 0.25) is 0 Å². The second kappa shape index (κ2) is 6.46. The van der Waals surface area contributed by atoms with Crippen molar-refractivity contribution in [2.45, 2.75) is 33.4 Å². The number of benzene rings is 1. The van der Waals surface area contributed by atoms with Crippen molar-refractivity contribution in [1.82, 2.24) is 4.98 Å². The second-order valence-corrected chi connectivity index (χ2v) is 5.86. The first-order valence-electron chi connectivity index (χ1n) is 7.09. The Morgan fingerprint density at radius 1 is 1.24 bits per heavy atom. The first kappa shape index (κ1) is 15.8. The molecule has 2 aromatic rings. The summed E-state index contributed by atoms with van der Waals surface area (Å²) in [5.74, 6) is 0.956. The van der Waals surface area contributed by atoms with Gasteiger partial charge in [0.25, 0.3) is 0 Å². The van der Waals surface area contributed by atoms with E-state index in [1.54, 1.807) is 0 Å². The summed E-state index contributed by atoms with van der Waals surface area (Å²) < 4.78 is 0. The van der Waals surface area contributed by atoms with Crippen molar-refractivity contribution in [2.75, 3.05) is 11.9 Å². The van der Waals surface area contributed by atoms with Crippen molar-refractivity contribution < 1.29 is 0 Å². The smallest absolute Gasteiger partial charge is 0.133 e. The van der Waals surface area contributed by atoms with E-state index in [9.17, 15) is 0 Å². The maximum atomic E-state index is 5.96. The number of nitrogens with two attached hydrogens (primary N) is 1. The molecular weight excluding hydrogens is 282 g/mol. The van der Waals surface area contributed by atoms with Crippen LogP contribution in [0.5, 0.6) is 0 Å². The summed E-state index contributed by atoms with van der Waals surface area (Å²) >= 11 is 5.96. The Morgan fingerprint density at radius 3 is 2.43 bits per heavy atom. The Bertz CT molecular complexity index is 623. The number of nitrogens with zero attached hydrogens (tertiary/aromatic N) is 2. The molecule has 0 fully saturated rings. The summed E-state index contributed by atoms with van der Waals surface area (Å²) in [6.45, 7) is 6.74. The fourth-order valence-corrected chi connectivity index (χ4v) is 2.66. The van der Waals surface area contributed by atoms with Crippen LogP contribution in [0.25, 0.3) is 0 Å². The third kappa shape index (κ3) is 3.36. The molecule has 1 unspecified atom stereocenters. The molecule has 2 rings (SSSR count). The molecule has 1 aromatic carbocycles. The van der Waals surface area contributed by atoms with Gasteiger partial charge in [0.15, 0.2) is 0 Å². The van der Waals surface area contributed by atoms with Gasteiger partial charge < -0.3 is 10.6 Å². The molecule has 0 spiro atoms. The highest BCUT2D eigenvalue weighted by Gasteiger charge is 2.18. The van der Waals surface area contributed by atoms with Gasteiger partial charge in [-0.05, 0) is 50.1 Å². The van der Waals surface area contributed by atoms with Gasteiger partial charge in [0, 0.05) is 29.9 Å². The van der Waals surface area contributed by atoms with Gasteiger partial charge in [-0.2, -0.15) is 0 Å². The summed E-state index contributed by atoms with van der Waals surface area (Å²) in [5, 5.41) is 0.751. The highest BCUT2D eigenvalue weighted by Crippen LogP contribution is 2.29. The van der Waals surface area contributed by atoms with Crippen molar-refractivity contribution in [1.29, 1.82) is 0 Å².